The number of hydrogen-bond acceptors (Lipinski definition) is 3. The highest BCUT2D eigenvalue weighted by molar-refractivity contribution is 7.16. The number of hydrogen-bond donors (Lipinski definition) is 1. The maximum absolute atomic E-state index is 11.2. The van der Waals surface area contributed by atoms with Crippen molar-refractivity contribution in [1.82, 2.24) is 5.32 Å². The van der Waals surface area contributed by atoms with E-state index in [9.17, 15) is 9.59 Å². The van der Waals surface area contributed by atoms with Crippen LogP contribution in [0.25, 0.3) is 0 Å². The molecule has 0 aliphatic carbocycles. The molecule has 0 aromatic carbocycles. The van der Waals surface area contributed by atoms with Crippen LogP contribution >= 0.6 is 22.9 Å². The van der Waals surface area contributed by atoms with E-state index >= 15 is 0 Å². The van der Waals surface area contributed by atoms with Crippen LogP contribution in [0.15, 0.2) is 12.1 Å². The van der Waals surface area contributed by atoms with Gasteiger partial charge >= 0.3 is 0 Å². The van der Waals surface area contributed by atoms with Crippen LogP contribution in [-0.4, -0.2) is 11.8 Å². The molecule has 1 saturated heterocycles. The third-order valence-electron chi connectivity index (χ3n) is 1.91. The lowest BCUT2D eigenvalue weighted by Gasteiger charge is -1.99. The van der Waals surface area contributed by atoms with Crippen molar-refractivity contribution in [3.63, 3.8) is 0 Å². The van der Waals surface area contributed by atoms with Gasteiger partial charge in [0.2, 0.25) is 11.8 Å². The Balaban J connectivity index is 2.27. The van der Waals surface area contributed by atoms with Crippen LogP contribution in [0.1, 0.15) is 17.2 Å². The normalized spacial score (nSPS) is 22.1. The third kappa shape index (κ3) is 1.59. The molecule has 3 nitrogen and oxygen atoms in total. The van der Waals surface area contributed by atoms with Crippen LogP contribution in [0.5, 0.6) is 0 Å². The Morgan fingerprint density at radius 1 is 1.46 bits per heavy atom. The summed E-state index contributed by atoms with van der Waals surface area (Å²) in [6.45, 7) is 0. The molecular formula is C8H6ClNO2S. The summed E-state index contributed by atoms with van der Waals surface area (Å²) in [6, 6.07) is 3.52. The predicted octanol–water partition coefficient (Wildman–Crippen LogP) is 1.53. The first-order valence-corrected chi connectivity index (χ1v) is 4.95. The monoisotopic (exact) mass is 215 g/mol. The fraction of sp³-hybridized carbons (Fsp3) is 0.250. The number of nitrogens with one attached hydrogen (secondary N) is 1. The minimum atomic E-state index is -0.329. The van der Waals surface area contributed by atoms with Crippen molar-refractivity contribution in [3.05, 3.63) is 21.3 Å². The molecule has 1 aromatic rings. The molecule has 5 heteroatoms. The topological polar surface area (TPSA) is 46.2 Å². The van der Waals surface area contributed by atoms with Gasteiger partial charge in [-0.05, 0) is 12.1 Å². The minimum Gasteiger partial charge on any atom is -0.296 e. The Hall–Kier alpha value is -0.870. The van der Waals surface area contributed by atoms with Crippen LogP contribution in [0, 0.1) is 0 Å². The van der Waals surface area contributed by atoms with Crippen LogP contribution < -0.4 is 5.32 Å². The summed E-state index contributed by atoms with van der Waals surface area (Å²) in [7, 11) is 0. The molecule has 1 aliphatic rings. The van der Waals surface area contributed by atoms with Gasteiger partial charge in [0.1, 0.15) is 0 Å². The smallest absolute Gasteiger partial charge is 0.235 e. The lowest BCUT2D eigenvalue weighted by atomic mass is 10.1. The van der Waals surface area contributed by atoms with Crippen molar-refractivity contribution in [3.8, 4) is 0 Å². The number of carbonyl (C=O) groups excluding carboxylic acids is 2. The van der Waals surface area contributed by atoms with Crippen molar-refractivity contribution < 1.29 is 9.59 Å². The molecule has 2 amide bonds. The van der Waals surface area contributed by atoms with Crippen molar-refractivity contribution in [2.45, 2.75) is 12.3 Å². The highest BCUT2D eigenvalue weighted by atomic mass is 35.5. The van der Waals surface area contributed by atoms with Crippen molar-refractivity contribution >= 4 is 34.8 Å². The molecule has 0 spiro atoms. The Labute approximate surface area is 83.7 Å². The molecule has 1 unspecified atom stereocenters. The number of carbonyl (C=O) groups is 2. The Kier molecular flexibility index (Phi) is 2.09. The second-order valence-corrected chi connectivity index (χ2v) is 4.56. The van der Waals surface area contributed by atoms with E-state index in [0.717, 1.165) is 4.88 Å². The van der Waals surface area contributed by atoms with E-state index < -0.39 is 0 Å². The van der Waals surface area contributed by atoms with Gasteiger partial charge in [0.15, 0.2) is 0 Å². The summed E-state index contributed by atoms with van der Waals surface area (Å²) in [6.07, 6.45) is 0.246. The molecule has 1 N–H and O–H groups in total. The molecule has 0 saturated carbocycles. The lowest BCUT2D eigenvalue weighted by molar-refractivity contribution is -0.125. The summed E-state index contributed by atoms with van der Waals surface area (Å²) in [4.78, 5) is 23.0. The average molecular weight is 216 g/mol. The van der Waals surface area contributed by atoms with Gasteiger partial charge in [-0.3, -0.25) is 14.9 Å². The summed E-state index contributed by atoms with van der Waals surface area (Å²) in [5.41, 5.74) is 0. The number of halogens is 1. The zero-order valence-electron chi connectivity index (χ0n) is 6.54. The van der Waals surface area contributed by atoms with Gasteiger partial charge in [0.05, 0.1) is 10.3 Å². The largest absolute Gasteiger partial charge is 0.296 e. The Bertz CT molecular complexity index is 374. The number of imide groups is 1. The van der Waals surface area contributed by atoms with Crippen LogP contribution in [0.4, 0.5) is 0 Å². The van der Waals surface area contributed by atoms with Gasteiger partial charge in [-0.15, -0.1) is 11.3 Å². The fourth-order valence-electron chi connectivity index (χ4n) is 1.30. The van der Waals surface area contributed by atoms with E-state index in [-0.39, 0.29) is 24.2 Å². The van der Waals surface area contributed by atoms with Crippen LogP contribution in [0.2, 0.25) is 4.34 Å². The van der Waals surface area contributed by atoms with E-state index in [0.29, 0.717) is 4.34 Å². The highest BCUT2D eigenvalue weighted by Gasteiger charge is 2.32. The molecule has 1 atom stereocenters. The van der Waals surface area contributed by atoms with Crippen molar-refractivity contribution in [2.24, 2.45) is 0 Å². The third-order valence-corrected chi connectivity index (χ3v) is 3.25. The van der Waals surface area contributed by atoms with Gasteiger partial charge in [-0.1, -0.05) is 11.6 Å². The van der Waals surface area contributed by atoms with E-state index in [1.54, 1.807) is 12.1 Å². The maximum atomic E-state index is 11.2. The predicted molar refractivity (Wildman–Crippen MR) is 49.8 cm³/mol. The SMILES string of the molecule is O=C1CC(c2ccc(Cl)s2)C(=O)N1. The van der Waals surface area contributed by atoms with Gasteiger partial charge in [0, 0.05) is 11.3 Å². The first-order valence-electron chi connectivity index (χ1n) is 3.76. The summed E-state index contributed by atoms with van der Waals surface area (Å²) < 4.78 is 0.641. The Morgan fingerprint density at radius 3 is 2.69 bits per heavy atom. The van der Waals surface area contributed by atoms with Crippen molar-refractivity contribution in [1.29, 1.82) is 0 Å². The summed E-state index contributed by atoms with van der Waals surface area (Å²) in [5.74, 6) is -0.756. The first kappa shape index (κ1) is 8.72. The summed E-state index contributed by atoms with van der Waals surface area (Å²) >= 11 is 7.07. The maximum Gasteiger partial charge on any atom is 0.235 e. The standard InChI is InChI=1S/C8H6ClNO2S/c9-6-2-1-5(13-6)4-3-7(11)10-8(4)12/h1-2,4H,3H2,(H,10,11,12). The fourth-order valence-corrected chi connectivity index (χ4v) is 2.46. The molecular weight excluding hydrogens is 210 g/mol. The van der Waals surface area contributed by atoms with Crippen LogP contribution in [-0.2, 0) is 9.59 Å². The molecule has 2 rings (SSSR count). The molecule has 68 valence electrons. The molecule has 13 heavy (non-hydrogen) atoms. The molecule has 1 aliphatic heterocycles. The average Bonchev–Trinajstić information content (AvgIpc) is 2.58. The zero-order valence-corrected chi connectivity index (χ0v) is 8.11. The Morgan fingerprint density at radius 2 is 2.23 bits per heavy atom. The summed E-state index contributed by atoms with van der Waals surface area (Å²) in [5, 5.41) is 2.26. The number of rotatable bonds is 1. The highest BCUT2D eigenvalue weighted by Crippen LogP contribution is 2.32. The molecule has 2 heterocycles. The zero-order chi connectivity index (χ0) is 9.42. The molecule has 0 bridgehead atoms. The molecule has 1 aromatic heterocycles. The van der Waals surface area contributed by atoms with Gasteiger partial charge < -0.3 is 0 Å². The first-order chi connectivity index (χ1) is 6.16. The lowest BCUT2D eigenvalue weighted by Crippen LogP contribution is -2.21. The van der Waals surface area contributed by atoms with E-state index in [1.807, 2.05) is 0 Å². The van der Waals surface area contributed by atoms with Gasteiger partial charge in [-0.2, -0.15) is 0 Å². The van der Waals surface area contributed by atoms with Crippen LogP contribution in [0.3, 0.4) is 0 Å². The van der Waals surface area contributed by atoms with E-state index in [1.165, 1.54) is 11.3 Å². The second-order valence-electron chi connectivity index (χ2n) is 2.81. The van der Waals surface area contributed by atoms with E-state index in [2.05, 4.69) is 5.32 Å². The number of amides is 2. The quantitative estimate of drug-likeness (QED) is 0.723. The van der Waals surface area contributed by atoms with Gasteiger partial charge in [-0.25, -0.2) is 0 Å². The molecule has 1 fully saturated rings. The number of thiophene rings is 1. The minimum absolute atomic E-state index is 0.209. The molecule has 0 radical (unpaired) electrons. The van der Waals surface area contributed by atoms with E-state index in [4.69, 9.17) is 11.6 Å². The van der Waals surface area contributed by atoms with Crippen molar-refractivity contribution in [2.75, 3.05) is 0 Å². The van der Waals surface area contributed by atoms with Gasteiger partial charge in [0.25, 0.3) is 0 Å². The second kappa shape index (κ2) is 3.12.